The van der Waals surface area contributed by atoms with Gasteiger partial charge in [-0.2, -0.15) is 0 Å². The number of carbonyl (C=O) groups is 1. The quantitative estimate of drug-likeness (QED) is 0.820. The van der Waals surface area contributed by atoms with Crippen LogP contribution in [-0.4, -0.2) is 36.7 Å². The Hall–Kier alpha value is -1.33. The molecule has 0 saturated carbocycles. The van der Waals surface area contributed by atoms with Gasteiger partial charge in [0.05, 0.1) is 7.11 Å². The third-order valence-corrected chi connectivity index (χ3v) is 2.85. The van der Waals surface area contributed by atoms with E-state index in [4.69, 9.17) is 9.84 Å². The van der Waals surface area contributed by atoms with E-state index in [-0.39, 0.29) is 0 Å². The van der Waals surface area contributed by atoms with Gasteiger partial charge in [0.2, 0.25) is 0 Å². The molecule has 4 nitrogen and oxygen atoms in total. The number of aliphatic carboxylic acids is 1. The fourth-order valence-electron chi connectivity index (χ4n) is 1.56. The molecular formula is C13H16BrNO3. The normalized spacial score (nSPS) is 11.1. The average molecular weight is 314 g/mol. The molecule has 18 heavy (non-hydrogen) atoms. The van der Waals surface area contributed by atoms with Crippen LogP contribution < -0.4 is 4.74 Å². The Morgan fingerprint density at radius 2 is 2.28 bits per heavy atom. The maximum absolute atomic E-state index is 10.4. The lowest BCUT2D eigenvalue weighted by molar-refractivity contribution is -0.131. The number of benzene rings is 1. The highest BCUT2D eigenvalue weighted by molar-refractivity contribution is 9.10. The first-order valence-corrected chi connectivity index (χ1v) is 6.22. The van der Waals surface area contributed by atoms with Gasteiger partial charge in [0, 0.05) is 29.2 Å². The van der Waals surface area contributed by atoms with Crippen LogP contribution in [0.4, 0.5) is 0 Å². The van der Waals surface area contributed by atoms with Crippen LogP contribution in [0.2, 0.25) is 0 Å². The summed E-state index contributed by atoms with van der Waals surface area (Å²) < 4.78 is 6.28. The Morgan fingerprint density at radius 3 is 2.89 bits per heavy atom. The molecule has 1 rings (SSSR count). The maximum atomic E-state index is 10.4. The summed E-state index contributed by atoms with van der Waals surface area (Å²) in [5.74, 6) is -0.101. The number of ether oxygens (including phenoxy) is 1. The van der Waals surface area contributed by atoms with Crippen molar-refractivity contribution in [3.63, 3.8) is 0 Å². The van der Waals surface area contributed by atoms with Crippen molar-refractivity contribution in [3.05, 3.63) is 40.4 Å². The first-order chi connectivity index (χ1) is 8.52. The molecule has 1 aromatic rings. The Morgan fingerprint density at radius 1 is 1.56 bits per heavy atom. The molecule has 0 heterocycles. The minimum Gasteiger partial charge on any atom is -0.496 e. The number of rotatable bonds is 6. The number of halogens is 1. The van der Waals surface area contributed by atoms with Crippen LogP contribution in [0.1, 0.15) is 5.56 Å². The minimum atomic E-state index is -0.927. The first kappa shape index (κ1) is 14.7. The third-order valence-electron chi connectivity index (χ3n) is 2.36. The lowest BCUT2D eigenvalue weighted by Gasteiger charge is -2.16. The molecule has 0 aromatic heterocycles. The van der Waals surface area contributed by atoms with Gasteiger partial charge in [0.15, 0.2) is 0 Å². The summed E-state index contributed by atoms with van der Waals surface area (Å²) in [6.45, 7) is 1.26. The van der Waals surface area contributed by atoms with Crippen molar-refractivity contribution in [2.45, 2.75) is 6.54 Å². The van der Waals surface area contributed by atoms with Crippen molar-refractivity contribution < 1.29 is 14.6 Å². The molecule has 0 aliphatic carbocycles. The second-order valence-corrected chi connectivity index (χ2v) is 4.81. The summed E-state index contributed by atoms with van der Waals surface area (Å²) in [7, 11) is 3.56. The Kier molecular flexibility index (Phi) is 5.88. The van der Waals surface area contributed by atoms with Gasteiger partial charge >= 0.3 is 5.97 Å². The number of hydrogen-bond donors (Lipinski definition) is 1. The summed E-state index contributed by atoms with van der Waals surface area (Å²) in [5.41, 5.74) is 1.05. The standard InChI is InChI=1S/C13H16BrNO3/c1-15(7-3-4-13(16)17)9-10-8-11(14)5-6-12(10)18-2/h3-6,8H,7,9H2,1-2H3,(H,16,17)/b4-3+. The Balaban J connectivity index is 2.66. The van der Waals surface area contributed by atoms with Crippen LogP contribution in [0.3, 0.4) is 0 Å². The van der Waals surface area contributed by atoms with Gasteiger partial charge in [-0.05, 0) is 25.2 Å². The van der Waals surface area contributed by atoms with Crippen molar-refractivity contribution in [2.75, 3.05) is 20.7 Å². The van der Waals surface area contributed by atoms with E-state index < -0.39 is 5.97 Å². The predicted octanol–water partition coefficient (Wildman–Crippen LogP) is 2.53. The van der Waals surface area contributed by atoms with Crippen LogP contribution in [0.15, 0.2) is 34.8 Å². The highest BCUT2D eigenvalue weighted by atomic mass is 79.9. The van der Waals surface area contributed by atoms with Gasteiger partial charge in [-0.15, -0.1) is 0 Å². The third kappa shape index (κ3) is 4.89. The lowest BCUT2D eigenvalue weighted by atomic mass is 10.2. The molecule has 98 valence electrons. The molecule has 0 amide bonds. The first-order valence-electron chi connectivity index (χ1n) is 5.43. The van der Waals surface area contributed by atoms with E-state index in [0.717, 1.165) is 21.9 Å². The Bertz CT molecular complexity index is 446. The summed E-state index contributed by atoms with van der Waals surface area (Å²) in [4.78, 5) is 12.4. The van der Waals surface area contributed by atoms with Crippen LogP contribution in [0, 0.1) is 0 Å². The SMILES string of the molecule is COc1ccc(Br)cc1CN(C)C/C=C/C(=O)O. The van der Waals surface area contributed by atoms with Crippen molar-refractivity contribution in [2.24, 2.45) is 0 Å². The zero-order valence-electron chi connectivity index (χ0n) is 10.4. The summed E-state index contributed by atoms with van der Waals surface area (Å²) in [6.07, 6.45) is 2.77. The van der Waals surface area contributed by atoms with Gasteiger partial charge < -0.3 is 9.84 Å². The molecule has 1 aromatic carbocycles. The summed E-state index contributed by atoms with van der Waals surface area (Å²) >= 11 is 3.42. The van der Waals surface area contributed by atoms with Gasteiger partial charge in [0.25, 0.3) is 0 Å². The number of methoxy groups -OCH3 is 1. The van der Waals surface area contributed by atoms with Crippen molar-refractivity contribution in [3.8, 4) is 5.75 Å². The van der Waals surface area contributed by atoms with E-state index in [9.17, 15) is 4.79 Å². The molecular weight excluding hydrogens is 298 g/mol. The molecule has 0 fully saturated rings. The molecule has 0 saturated heterocycles. The molecule has 0 bridgehead atoms. The average Bonchev–Trinajstić information content (AvgIpc) is 2.28. The number of carboxylic acid groups (broad SMARTS) is 1. The van der Waals surface area contributed by atoms with Crippen molar-refractivity contribution in [1.82, 2.24) is 4.90 Å². The molecule has 0 unspecified atom stereocenters. The molecule has 5 heteroatoms. The van der Waals surface area contributed by atoms with Crippen molar-refractivity contribution in [1.29, 1.82) is 0 Å². The largest absolute Gasteiger partial charge is 0.496 e. The van der Waals surface area contributed by atoms with E-state index >= 15 is 0 Å². The summed E-state index contributed by atoms with van der Waals surface area (Å²) in [5, 5.41) is 8.50. The number of hydrogen-bond acceptors (Lipinski definition) is 3. The van der Waals surface area contributed by atoms with Crippen LogP contribution in [0.5, 0.6) is 5.75 Å². The molecule has 0 radical (unpaired) electrons. The van der Waals surface area contributed by atoms with E-state index in [1.165, 1.54) is 0 Å². The highest BCUT2D eigenvalue weighted by Crippen LogP contribution is 2.23. The fourth-order valence-corrected chi connectivity index (χ4v) is 1.97. The topological polar surface area (TPSA) is 49.8 Å². The van der Waals surface area contributed by atoms with Crippen LogP contribution >= 0.6 is 15.9 Å². The van der Waals surface area contributed by atoms with Crippen LogP contribution in [0.25, 0.3) is 0 Å². The molecule has 0 spiro atoms. The second-order valence-electron chi connectivity index (χ2n) is 3.89. The Labute approximate surface area is 115 Å². The second kappa shape index (κ2) is 7.18. The van der Waals surface area contributed by atoms with Gasteiger partial charge in [0.1, 0.15) is 5.75 Å². The smallest absolute Gasteiger partial charge is 0.328 e. The van der Waals surface area contributed by atoms with Gasteiger partial charge in [-0.25, -0.2) is 4.79 Å². The molecule has 0 aliphatic rings. The van der Waals surface area contributed by atoms with E-state index in [1.54, 1.807) is 13.2 Å². The summed E-state index contributed by atoms with van der Waals surface area (Å²) in [6, 6.07) is 5.82. The van der Waals surface area contributed by atoms with Gasteiger partial charge in [-0.1, -0.05) is 22.0 Å². The number of likely N-dealkylation sites (N-methyl/N-ethyl adjacent to an activating group) is 1. The number of carboxylic acids is 1. The van der Waals surface area contributed by atoms with Crippen LogP contribution in [-0.2, 0) is 11.3 Å². The fraction of sp³-hybridized carbons (Fsp3) is 0.308. The minimum absolute atomic E-state index is 0.571. The monoisotopic (exact) mass is 313 g/mol. The predicted molar refractivity (Wildman–Crippen MR) is 73.8 cm³/mol. The van der Waals surface area contributed by atoms with E-state index in [2.05, 4.69) is 15.9 Å². The zero-order chi connectivity index (χ0) is 13.5. The highest BCUT2D eigenvalue weighted by Gasteiger charge is 2.06. The molecule has 1 N–H and O–H groups in total. The zero-order valence-corrected chi connectivity index (χ0v) is 12.0. The van der Waals surface area contributed by atoms with Crippen molar-refractivity contribution >= 4 is 21.9 Å². The lowest BCUT2D eigenvalue weighted by Crippen LogP contribution is -2.18. The number of nitrogens with zero attached hydrogens (tertiary/aromatic N) is 1. The van der Waals surface area contributed by atoms with E-state index in [0.29, 0.717) is 13.1 Å². The van der Waals surface area contributed by atoms with E-state index in [1.807, 2.05) is 30.1 Å². The molecule has 0 aliphatic heterocycles. The maximum Gasteiger partial charge on any atom is 0.328 e. The molecule has 0 atom stereocenters. The van der Waals surface area contributed by atoms with Gasteiger partial charge in [-0.3, -0.25) is 4.90 Å².